The molecule has 0 aliphatic rings. The zero-order valence-electron chi connectivity index (χ0n) is 17.6. The number of benzene rings is 2. The number of carbonyl (C=O) groups excluding carboxylic acids is 2. The molecule has 11 heteroatoms. The number of rotatable bonds is 7. The second kappa shape index (κ2) is 9.90. The number of hydrogen-bond donors (Lipinski definition) is 4. The predicted molar refractivity (Wildman–Crippen MR) is 115 cm³/mol. The third kappa shape index (κ3) is 5.91. The Morgan fingerprint density at radius 2 is 1.70 bits per heavy atom. The molecular formula is C22H20F2N4O5. The highest BCUT2D eigenvalue weighted by Crippen LogP contribution is 2.22. The van der Waals surface area contributed by atoms with E-state index in [9.17, 15) is 28.3 Å². The van der Waals surface area contributed by atoms with Crippen molar-refractivity contribution in [3.05, 3.63) is 65.9 Å². The SMILES string of the molecule is CC(C)C(NC(=O)c1cc(-c2ccc(NC(=O)Nc3ccc(F)cc3F)cc2)no1)C(=O)O. The van der Waals surface area contributed by atoms with Crippen molar-refractivity contribution < 1.29 is 32.8 Å². The van der Waals surface area contributed by atoms with Gasteiger partial charge in [0.1, 0.15) is 23.4 Å². The molecule has 33 heavy (non-hydrogen) atoms. The Hall–Kier alpha value is -4.28. The predicted octanol–water partition coefficient (Wildman–Crippen LogP) is 4.10. The molecule has 0 radical (unpaired) electrons. The second-order valence-corrected chi connectivity index (χ2v) is 7.39. The quantitative estimate of drug-likeness (QED) is 0.421. The molecule has 4 N–H and O–H groups in total. The number of amides is 3. The standard InChI is InChI=1S/C22H20F2N4O5/c1-11(2)19(21(30)31)27-20(29)18-10-17(28-33-18)12-3-6-14(7-4-12)25-22(32)26-16-8-5-13(23)9-15(16)24/h3-11,19H,1-2H3,(H,27,29)(H,30,31)(H2,25,26,32). The first-order valence-electron chi connectivity index (χ1n) is 9.78. The number of halogens is 2. The number of carboxylic acids is 1. The van der Waals surface area contributed by atoms with Gasteiger partial charge in [-0.05, 0) is 30.2 Å². The van der Waals surface area contributed by atoms with Crippen LogP contribution in [0.15, 0.2) is 53.1 Å². The average Bonchev–Trinajstić information content (AvgIpc) is 3.24. The Bertz CT molecular complexity index is 1180. The lowest BCUT2D eigenvalue weighted by atomic mass is 10.0. The molecule has 1 aromatic heterocycles. The molecule has 3 amide bonds. The van der Waals surface area contributed by atoms with Crippen LogP contribution in [0.2, 0.25) is 0 Å². The Kier molecular flexibility index (Phi) is 7.01. The van der Waals surface area contributed by atoms with Gasteiger partial charge >= 0.3 is 12.0 Å². The molecule has 3 rings (SSSR count). The van der Waals surface area contributed by atoms with Crippen LogP contribution in [-0.4, -0.2) is 34.2 Å². The van der Waals surface area contributed by atoms with Crippen LogP contribution in [0.25, 0.3) is 11.3 Å². The maximum absolute atomic E-state index is 13.6. The van der Waals surface area contributed by atoms with Gasteiger partial charge in [-0.25, -0.2) is 18.4 Å². The number of aromatic nitrogens is 1. The van der Waals surface area contributed by atoms with Crippen LogP contribution in [0.1, 0.15) is 24.4 Å². The number of nitrogens with zero attached hydrogens (tertiary/aromatic N) is 1. The Morgan fingerprint density at radius 3 is 2.30 bits per heavy atom. The molecule has 0 bridgehead atoms. The molecule has 1 heterocycles. The van der Waals surface area contributed by atoms with Crippen LogP contribution < -0.4 is 16.0 Å². The van der Waals surface area contributed by atoms with Crippen LogP contribution in [0.5, 0.6) is 0 Å². The van der Waals surface area contributed by atoms with Gasteiger partial charge in [0.25, 0.3) is 5.91 Å². The second-order valence-electron chi connectivity index (χ2n) is 7.39. The van der Waals surface area contributed by atoms with E-state index in [1.165, 1.54) is 6.07 Å². The van der Waals surface area contributed by atoms with Crippen molar-refractivity contribution in [1.82, 2.24) is 10.5 Å². The molecule has 0 aliphatic carbocycles. The molecule has 1 atom stereocenters. The van der Waals surface area contributed by atoms with Crippen LogP contribution >= 0.6 is 0 Å². The van der Waals surface area contributed by atoms with E-state index in [-0.39, 0.29) is 17.4 Å². The van der Waals surface area contributed by atoms with Gasteiger partial charge in [-0.3, -0.25) is 4.79 Å². The molecule has 0 fully saturated rings. The minimum atomic E-state index is -1.16. The Labute approximate surface area is 186 Å². The number of aliphatic carboxylic acids is 1. The van der Waals surface area contributed by atoms with Gasteiger partial charge in [0, 0.05) is 23.4 Å². The lowest BCUT2D eigenvalue weighted by Crippen LogP contribution is -2.44. The number of nitrogens with one attached hydrogen (secondary N) is 3. The molecule has 0 saturated carbocycles. The van der Waals surface area contributed by atoms with E-state index in [4.69, 9.17) is 4.52 Å². The van der Waals surface area contributed by atoms with Crippen molar-refractivity contribution in [2.75, 3.05) is 10.6 Å². The smallest absolute Gasteiger partial charge is 0.326 e. The van der Waals surface area contributed by atoms with Crippen molar-refractivity contribution in [2.24, 2.45) is 5.92 Å². The summed E-state index contributed by atoms with van der Waals surface area (Å²) in [4.78, 5) is 35.6. The fourth-order valence-corrected chi connectivity index (χ4v) is 2.84. The van der Waals surface area contributed by atoms with Crippen molar-refractivity contribution in [3.63, 3.8) is 0 Å². The van der Waals surface area contributed by atoms with E-state index >= 15 is 0 Å². The summed E-state index contributed by atoms with van der Waals surface area (Å²) in [5.74, 6) is -4.02. The van der Waals surface area contributed by atoms with Gasteiger partial charge in [0.05, 0.1) is 5.69 Å². The zero-order valence-corrected chi connectivity index (χ0v) is 17.6. The summed E-state index contributed by atoms with van der Waals surface area (Å²) in [6.07, 6.45) is 0. The highest BCUT2D eigenvalue weighted by molar-refractivity contribution is 6.00. The number of hydrogen-bond acceptors (Lipinski definition) is 5. The van der Waals surface area contributed by atoms with Crippen LogP contribution in [0.3, 0.4) is 0 Å². The van der Waals surface area contributed by atoms with E-state index in [0.29, 0.717) is 23.0 Å². The summed E-state index contributed by atoms with van der Waals surface area (Å²) in [5.41, 5.74) is 1.08. The third-order valence-corrected chi connectivity index (χ3v) is 4.57. The highest BCUT2D eigenvalue weighted by atomic mass is 19.1. The molecule has 2 aromatic carbocycles. The Balaban J connectivity index is 1.63. The van der Waals surface area contributed by atoms with Crippen molar-refractivity contribution in [1.29, 1.82) is 0 Å². The first-order chi connectivity index (χ1) is 15.6. The molecule has 1 unspecified atom stereocenters. The number of urea groups is 1. The summed E-state index contributed by atoms with van der Waals surface area (Å²) in [6, 6.07) is 8.62. The van der Waals surface area contributed by atoms with Gasteiger partial charge in [0.15, 0.2) is 0 Å². The molecule has 172 valence electrons. The van der Waals surface area contributed by atoms with E-state index in [2.05, 4.69) is 21.1 Å². The Morgan fingerprint density at radius 1 is 1.00 bits per heavy atom. The molecule has 3 aromatic rings. The van der Waals surface area contributed by atoms with Crippen molar-refractivity contribution >= 4 is 29.3 Å². The lowest BCUT2D eigenvalue weighted by Gasteiger charge is -2.16. The number of carboxylic acid groups (broad SMARTS) is 1. The third-order valence-electron chi connectivity index (χ3n) is 4.57. The highest BCUT2D eigenvalue weighted by Gasteiger charge is 2.25. The summed E-state index contributed by atoms with van der Waals surface area (Å²) in [6.45, 7) is 3.33. The van der Waals surface area contributed by atoms with E-state index in [0.717, 1.165) is 12.1 Å². The summed E-state index contributed by atoms with van der Waals surface area (Å²) < 4.78 is 31.6. The van der Waals surface area contributed by atoms with Gasteiger partial charge in [0.2, 0.25) is 5.76 Å². The summed E-state index contributed by atoms with van der Waals surface area (Å²) in [7, 11) is 0. The first kappa shape index (κ1) is 23.4. The monoisotopic (exact) mass is 458 g/mol. The molecular weight excluding hydrogens is 438 g/mol. The van der Waals surface area contributed by atoms with E-state index in [1.54, 1.807) is 38.1 Å². The fraction of sp³-hybridized carbons (Fsp3) is 0.182. The largest absolute Gasteiger partial charge is 0.480 e. The van der Waals surface area contributed by atoms with Gasteiger partial charge in [-0.2, -0.15) is 0 Å². The zero-order chi connectivity index (χ0) is 24.1. The molecule has 0 spiro atoms. The molecule has 0 aliphatic heterocycles. The maximum Gasteiger partial charge on any atom is 0.326 e. The van der Waals surface area contributed by atoms with Gasteiger partial charge in [-0.15, -0.1) is 0 Å². The normalized spacial score (nSPS) is 11.7. The lowest BCUT2D eigenvalue weighted by molar-refractivity contribution is -0.140. The van der Waals surface area contributed by atoms with Crippen molar-refractivity contribution in [2.45, 2.75) is 19.9 Å². The van der Waals surface area contributed by atoms with Crippen molar-refractivity contribution in [3.8, 4) is 11.3 Å². The topological polar surface area (TPSA) is 134 Å². The van der Waals surface area contributed by atoms with Gasteiger partial charge < -0.3 is 25.6 Å². The van der Waals surface area contributed by atoms with Crippen LogP contribution in [-0.2, 0) is 4.79 Å². The summed E-state index contributed by atoms with van der Waals surface area (Å²) in [5, 5.41) is 20.2. The van der Waals surface area contributed by atoms with E-state index in [1.807, 2.05) is 0 Å². The number of carbonyl (C=O) groups is 3. The van der Waals surface area contributed by atoms with Gasteiger partial charge in [-0.1, -0.05) is 31.1 Å². The van der Waals surface area contributed by atoms with Crippen LogP contribution in [0, 0.1) is 17.6 Å². The minimum Gasteiger partial charge on any atom is -0.480 e. The maximum atomic E-state index is 13.6. The summed E-state index contributed by atoms with van der Waals surface area (Å²) >= 11 is 0. The minimum absolute atomic E-state index is 0.153. The first-order valence-corrected chi connectivity index (χ1v) is 9.78. The fourth-order valence-electron chi connectivity index (χ4n) is 2.84. The van der Waals surface area contributed by atoms with E-state index < -0.39 is 35.6 Å². The molecule has 0 saturated heterocycles. The van der Waals surface area contributed by atoms with Crippen LogP contribution in [0.4, 0.5) is 25.0 Å². The number of anilines is 2. The average molecular weight is 458 g/mol. The molecule has 9 nitrogen and oxygen atoms in total.